The Morgan fingerprint density at radius 2 is 2.20 bits per heavy atom. The predicted octanol–water partition coefficient (Wildman–Crippen LogP) is 3.94. The summed E-state index contributed by atoms with van der Waals surface area (Å²) in [4.78, 5) is 0. The molecular formula is C17H26FNO. The van der Waals surface area contributed by atoms with Gasteiger partial charge in [-0.15, -0.1) is 0 Å². The summed E-state index contributed by atoms with van der Waals surface area (Å²) in [7, 11) is 0. The van der Waals surface area contributed by atoms with Crippen LogP contribution in [0.25, 0.3) is 0 Å². The number of nitrogens with one attached hydrogen (secondary N) is 1. The van der Waals surface area contributed by atoms with Crippen LogP contribution in [0.4, 0.5) is 4.39 Å². The molecule has 1 aromatic carbocycles. The fourth-order valence-corrected chi connectivity index (χ4v) is 2.86. The zero-order chi connectivity index (χ0) is 14.6. The van der Waals surface area contributed by atoms with Gasteiger partial charge in [-0.2, -0.15) is 0 Å². The third-order valence-electron chi connectivity index (χ3n) is 4.32. The van der Waals surface area contributed by atoms with Gasteiger partial charge in [0.2, 0.25) is 0 Å². The third-order valence-corrected chi connectivity index (χ3v) is 4.32. The lowest BCUT2D eigenvalue weighted by Gasteiger charge is -2.31. The Balaban J connectivity index is 1.93. The first-order valence-corrected chi connectivity index (χ1v) is 7.72. The van der Waals surface area contributed by atoms with E-state index in [-0.39, 0.29) is 17.3 Å². The summed E-state index contributed by atoms with van der Waals surface area (Å²) in [6.45, 7) is 8.80. The van der Waals surface area contributed by atoms with Crippen molar-refractivity contribution in [3.05, 3.63) is 29.6 Å². The molecule has 2 rings (SSSR count). The fraction of sp³-hybridized carbons (Fsp3) is 0.647. The number of benzene rings is 1. The number of rotatable bonds is 7. The van der Waals surface area contributed by atoms with Crippen LogP contribution in [-0.2, 0) is 6.42 Å². The third kappa shape index (κ3) is 3.72. The Morgan fingerprint density at radius 3 is 2.90 bits per heavy atom. The van der Waals surface area contributed by atoms with Crippen LogP contribution >= 0.6 is 0 Å². The van der Waals surface area contributed by atoms with Crippen LogP contribution in [0.5, 0.6) is 5.75 Å². The van der Waals surface area contributed by atoms with Gasteiger partial charge in [0.05, 0.1) is 0 Å². The monoisotopic (exact) mass is 279 g/mol. The molecule has 20 heavy (non-hydrogen) atoms. The molecule has 0 fully saturated rings. The minimum atomic E-state index is -0.170. The summed E-state index contributed by atoms with van der Waals surface area (Å²) in [6, 6.07) is 4.83. The molecule has 3 heteroatoms. The molecule has 2 atom stereocenters. The molecule has 112 valence electrons. The Morgan fingerprint density at radius 1 is 1.40 bits per heavy atom. The van der Waals surface area contributed by atoms with E-state index >= 15 is 0 Å². The zero-order valence-electron chi connectivity index (χ0n) is 12.8. The zero-order valence-corrected chi connectivity index (χ0v) is 12.8. The molecule has 0 saturated carbocycles. The Bertz CT molecular complexity index is 449. The average molecular weight is 279 g/mol. The van der Waals surface area contributed by atoms with E-state index in [1.807, 2.05) is 0 Å². The molecule has 0 aliphatic carbocycles. The van der Waals surface area contributed by atoms with Crippen LogP contribution < -0.4 is 10.1 Å². The molecule has 1 heterocycles. The molecule has 0 radical (unpaired) electrons. The highest BCUT2D eigenvalue weighted by Crippen LogP contribution is 2.36. The number of halogens is 1. The van der Waals surface area contributed by atoms with Crippen molar-refractivity contribution in [3.63, 3.8) is 0 Å². The maximum absolute atomic E-state index is 13.2. The normalized spacial score (nSPS) is 20.3. The molecule has 0 amide bonds. The highest BCUT2D eigenvalue weighted by Gasteiger charge is 2.31. The molecule has 0 bridgehead atoms. The molecule has 2 unspecified atom stereocenters. The molecule has 2 nitrogen and oxygen atoms in total. The summed E-state index contributed by atoms with van der Waals surface area (Å²) in [5, 5.41) is 3.52. The van der Waals surface area contributed by atoms with Crippen molar-refractivity contribution >= 4 is 0 Å². The van der Waals surface area contributed by atoms with Crippen molar-refractivity contribution in [3.8, 4) is 5.75 Å². The van der Waals surface area contributed by atoms with Crippen LogP contribution in [0.15, 0.2) is 18.2 Å². The van der Waals surface area contributed by atoms with E-state index < -0.39 is 0 Å². The van der Waals surface area contributed by atoms with Crippen LogP contribution in [0.2, 0.25) is 0 Å². The van der Waals surface area contributed by atoms with Gasteiger partial charge in [0.15, 0.2) is 0 Å². The second kappa shape index (κ2) is 6.57. The van der Waals surface area contributed by atoms with Crippen molar-refractivity contribution in [1.82, 2.24) is 5.32 Å². The first kappa shape index (κ1) is 15.3. The molecule has 1 aliphatic rings. The Hall–Kier alpha value is -1.09. The molecule has 1 aromatic rings. The van der Waals surface area contributed by atoms with E-state index in [1.54, 1.807) is 12.1 Å². The van der Waals surface area contributed by atoms with E-state index in [1.165, 1.54) is 6.07 Å². The molecule has 0 saturated heterocycles. The van der Waals surface area contributed by atoms with Crippen molar-refractivity contribution in [2.45, 2.75) is 52.6 Å². The van der Waals surface area contributed by atoms with E-state index in [0.717, 1.165) is 50.1 Å². The standard InChI is InChI=1S/C17H26FNO/c1-4-8-19-12-17(3,5-2)11-15-10-13-9-14(18)6-7-16(13)20-15/h6-7,9,15,19H,4-5,8,10-12H2,1-3H3. The smallest absolute Gasteiger partial charge is 0.123 e. The Labute approximate surface area is 121 Å². The van der Waals surface area contributed by atoms with Crippen molar-refractivity contribution in [2.75, 3.05) is 13.1 Å². The molecule has 1 aliphatic heterocycles. The van der Waals surface area contributed by atoms with Gasteiger partial charge in [-0.05, 0) is 49.4 Å². The molecule has 1 N–H and O–H groups in total. The first-order valence-electron chi connectivity index (χ1n) is 7.72. The van der Waals surface area contributed by atoms with Crippen molar-refractivity contribution in [2.24, 2.45) is 5.41 Å². The minimum absolute atomic E-state index is 0.170. The van der Waals surface area contributed by atoms with Gasteiger partial charge in [-0.3, -0.25) is 0 Å². The summed E-state index contributed by atoms with van der Waals surface area (Å²) >= 11 is 0. The lowest BCUT2D eigenvalue weighted by molar-refractivity contribution is 0.140. The van der Waals surface area contributed by atoms with E-state index in [0.29, 0.717) is 0 Å². The van der Waals surface area contributed by atoms with E-state index in [9.17, 15) is 4.39 Å². The number of ether oxygens (including phenoxy) is 1. The maximum Gasteiger partial charge on any atom is 0.123 e. The Kier molecular flexibility index (Phi) is 5.03. The topological polar surface area (TPSA) is 21.3 Å². The largest absolute Gasteiger partial charge is 0.490 e. The van der Waals surface area contributed by atoms with E-state index in [2.05, 4.69) is 26.1 Å². The lowest BCUT2D eigenvalue weighted by Crippen LogP contribution is -2.36. The van der Waals surface area contributed by atoms with E-state index in [4.69, 9.17) is 4.74 Å². The summed E-state index contributed by atoms with van der Waals surface area (Å²) in [6.07, 6.45) is 4.30. The SMILES string of the molecule is CCCNCC(C)(CC)CC1Cc2cc(F)ccc2O1. The number of fused-ring (bicyclic) bond motifs is 1. The number of hydrogen-bond acceptors (Lipinski definition) is 2. The van der Waals surface area contributed by atoms with Gasteiger partial charge < -0.3 is 10.1 Å². The van der Waals surface area contributed by atoms with Crippen molar-refractivity contribution in [1.29, 1.82) is 0 Å². The fourth-order valence-electron chi connectivity index (χ4n) is 2.86. The van der Waals surface area contributed by atoms with Crippen LogP contribution in [0, 0.1) is 11.2 Å². The second-order valence-electron chi connectivity index (χ2n) is 6.24. The quantitative estimate of drug-likeness (QED) is 0.763. The molecular weight excluding hydrogens is 253 g/mol. The van der Waals surface area contributed by atoms with Crippen LogP contribution in [-0.4, -0.2) is 19.2 Å². The summed E-state index contributed by atoms with van der Waals surface area (Å²) in [5.41, 5.74) is 1.25. The maximum atomic E-state index is 13.2. The highest BCUT2D eigenvalue weighted by molar-refractivity contribution is 5.37. The molecule has 0 aromatic heterocycles. The second-order valence-corrected chi connectivity index (χ2v) is 6.24. The van der Waals surface area contributed by atoms with Gasteiger partial charge >= 0.3 is 0 Å². The first-order chi connectivity index (χ1) is 9.56. The summed E-state index contributed by atoms with van der Waals surface area (Å²) < 4.78 is 19.2. The van der Waals surface area contributed by atoms with Gasteiger partial charge in [0.1, 0.15) is 17.7 Å². The van der Waals surface area contributed by atoms with Crippen LogP contribution in [0.1, 0.15) is 45.6 Å². The molecule has 0 spiro atoms. The minimum Gasteiger partial charge on any atom is -0.490 e. The predicted molar refractivity (Wildman–Crippen MR) is 80.7 cm³/mol. The van der Waals surface area contributed by atoms with Gasteiger partial charge in [0.25, 0.3) is 0 Å². The van der Waals surface area contributed by atoms with Gasteiger partial charge in [-0.1, -0.05) is 20.8 Å². The average Bonchev–Trinajstić information content (AvgIpc) is 2.80. The van der Waals surface area contributed by atoms with Gasteiger partial charge in [0, 0.05) is 18.5 Å². The lowest BCUT2D eigenvalue weighted by atomic mass is 9.81. The van der Waals surface area contributed by atoms with Crippen molar-refractivity contribution < 1.29 is 9.13 Å². The summed E-state index contributed by atoms with van der Waals surface area (Å²) in [5.74, 6) is 0.687. The highest BCUT2D eigenvalue weighted by atomic mass is 19.1. The van der Waals surface area contributed by atoms with Gasteiger partial charge in [-0.25, -0.2) is 4.39 Å². The number of hydrogen-bond donors (Lipinski definition) is 1. The van der Waals surface area contributed by atoms with Crippen LogP contribution in [0.3, 0.4) is 0 Å².